The molecular weight excluding hydrogens is 434 g/mol. The van der Waals surface area contributed by atoms with E-state index in [0.29, 0.717) is 26.8 Å². The second kappa shape index (κ2) is 8.87. The van der Waals surface area contributed by atoms with Gasteiger partial charge in [-0.15, -0.1) is 0 Å². The fourth-order valence-electron chi connectivity index (χ4n) is 3.03. The Balaban J connectivity index is 1.78. The Morgan fingerprint density at radius 2 is 1.87 bits per heavy atom. The first-order valence-electron chi connectivity index (χ1n) is 9.47. The van der Waals surface area contributed by atoms with Gasteiger partial charge in [0.15, 0.2) is 5.16 Å². The number of carbonyl (C=O) groups is 1. The van der Waals surface area contributed by atoms with Gasteiger partial charge >= 0.3 is 0 Å². The van der Waals surface area contributed by atoms with Crippen molar-refractivity contribution in [3.63, 3.8) is 0 Å². The van der Waals surface area contributed by atoms with Crippen LogP contribution in [0.4, 0.5) is 5.95 Å². The fraction of sp³-hybridized carbons (Fsp3) is 0.136. The van der Waals surface area contributed by atoms with E-state index in [4.69, 9.17) is 11.6 Å². The van der Waals surface area contributed by atoms with Gasteiger partial charge in [-0.1, -0.05) is 41.6 Å². The molecular formula is C22H18ClN5O2S. The molecule has 156 valence electrons. The van der Waals surface area contributed by atoms with Gasteiger partial charge in [0, 0.05) is 17.4 Å². The van der Waals surface area contributed by atoms with Gasteiger partial charge in [-0.3, -0.25) is 19.5 Å². The monoisotopic (exact) mass is 451 g/mol. The summed E-state index contributed by atoms with van der Waals surface area (Å²) in [6.45, 7) is 3.66. The molecule has 0 bridgehead atoms. The van der Waals surface area contributed by atoms with Crippen molar-refractivity contribution in [2.45, 2.75) is 24.3 Å². The Bertz CT molecular complexity index is 1330. The van der Waals surface area contributed by atoms with Crippen molar-refractivity contribution in [1.29, 1.82) is 0 Å². The van der Waals surface area contributed by atoms with Gasteiger partial charge in [0.1, 0.15) is 0 Å². The van der Waals surface area contributed by atoms with Crippen LogP contribution in [-0.2, 0) is 4.79 Å². The number of aromatic nitrogens is 4. The van der Waals surface area contributed by atoms with Crippen LogP contribution < -0.4 is 10.9 Å². The number of amides is 1. The number of benzene rings is 2. The maximum atomic E-state index is 13.4. The summed E-state index contributed by atoms with van der Waals surface area (Å²) in [6.07, 6.45) is 3.09. The molecule has 9 heteroatoms. The van der Waals surface area contributed by atoms with Gasteiger partial charge in [-0.2, -0.15) is 0 Å². The van der Waals surface area contributed by atoms with Gasteiger partial charge in [-0.25, -0.2) is 15.0 Å². The maximum absolute atomic E-state index is 13.4. The van der Waals surface area contributed by atoms with Gasteiger partial charge in [0.25, 0.3) is 5.56 Å². The number of hydrogen-bond acceptors (Lipinski definition) is 6. The van der Waals surface area contributed by atoms with Crippen LogP contribution in [0.15, 0.2) is 70.9 Å². The summed E-state index contributed by atoms with van der Waals surface area (Å²) in [5, 5.41) is 3.44. The molecule has 1 amide bonds. The molecule has 31 heavy (non-hydrogen) atoms. The highest BCUT2D eigenvalue weighted by Gasteiger charge is 2.21. The van der Waals surface area contributed by atoms with E-state index in [1.807, 2.05) is 31.2 Å². The van der Waals surface area contributed by atoms with Gasteiger partial charge in [0.05, 0.1) is 21.8 Å². The van der Waals surface area contributed by atoms with Crippen LogP contribution >= 0.6 is 23.4 Å². The van der Waals surface area contributed by atoms with Crippen LogP contribution in [0, 0.1) is 6.92 Å². The number of nitrogens with one attached hydrogen (secondary N) is 1. The minimum atomic E-state index is -0.567. The largest absolute Gasteiger partial charge is 0.294 e. The van der Waals surface area contributed by atoms with Crippen molar-refractivity contribution in [1.82, 2.24) is 19.5 Å². The number of aryl methyl sites for hydroxylation is 1. The number of halogens is 1. The number of nitrogens with zero attached hydrogens (tertiary/aromatic N) is 4. The van der Waals surface area contributed by atoms with E-state index in [1.165, 1.54) is 11.8 Å². The number of thioether (sulfide) groups is 1. The molecule has 7 nitrogen and oxygen atoms in total. The third-order valence-corrected chi connectivity index (χ3v) is 5.90. The second-order valence-electron chi connectivity index (χ2n) is 6.80. The van der Waals surface area contributed by atoms with Crippen LogP contribution in [0.5, 0.6) is 0 Å². The van der Waals surface area contributed by atoms with Gasteiger partial charge in [-0.05, 0) is 49.7 Å². The summed E-state index contributed by atoms with van der Waals surface area (Å²) in [5.41, 5.74) is 1.87. The van der Waals surface area contributed by atoms with Crippen LogP contribution in [0.3, 0.4) is 0 Å². The minimum Gasteiger partial charge on any atom is -0.294 e. The molecule has 0 spiro atoms. The summed E-state index contributed by atoms with van der Waals surface area (Å²) in [7, 11) is 0. The Morgan fingerprint density at radius 1 is 1.13 bits per heavy atom. The highest BCUT2D eigenvalue weighted by atomic mass is 35.5. The van der Waals surface area contributed by atoms with Crippen LogP contribution in [-0.4, -0.2) is 30.7 Å². The van der Waals surface area contributed by atoms with Crippen LogP contribution in [0.2, 0.25) is 5.02 Å². The molecule has 4 rings (SSSR count). The number of fused-ring (bicyclic) bond motifs is 1. The van der Waals surface area contributed by atoms with Crippen molar-refractivity contribution in [2.75, 3.05) is 5.32 Å². The van der Waals surface area contributed by atoms with Gasteiger partial charge < -0.3 is 0 Å². The van der Waals surface area contributed by atoms with E-state index in [1.54, 1.807) is 48.1 Å². The zero-order valence-corrected chi connectivity index (χ0v) is 18.3. The summed E-state index contributed by atoms with van der Waals surface area (Å²) < 4.78 is 1.54. The first kappa shape index (κ1) is 21.0. The van der Waals surface area contributed by atoms with E-state index < -0.39 is 5.25 Å². The quantitative estimate of drug-likeness (QED) is 0.360. The molecule has 2 heterocycles. The van der Waals surface area contributed by atoms with E-state index in [0.717, 1.165) is 5.56 Å². The standard InChI is InChI=1S/C22H18ClN5O2S/c1-13-6-3-4-7-18(13)28-20(30)16-9-8-15(23)12-17(16)26-22(28)31-14(2)19(29)27-21-24-10-5-11-25-21/h3-12,14H,1-2H3,(H,24,25,27,29). The third-order valence-electron chi connectivity index (χ3n) is 4.61. The molecule has 4 aromatic rings. The minimum absolute atomic E-state index is 0.217. The number of anilines is 1. The lowest BCUT2D eigenvalue weighted by Gasteiger charge is -2.17. The number of rotatable bonds is 5. The topological polar surface area (TPSA) is 89.8 Å². The number of hydrogen-bond donors (Lipinski definition) is 1. The average molecular weight is 452 g/mol. The predicted molar refractivity (Wildman–Crippen MR) is 123 cm³/mol. The van der Waals surface area contributed by atoms with Crippen LogP contribution in [0.1, 0.15) is 12.5 Å². The molecule has 0 saturated heterocycles. The van der Waals surface area contributed by atoms with Crippen molar-refractivity contribution in [3.8, 4) is 5.69 Å². The molecule has 0 aliphatic carbocycles. The summed E-state index contributed by atoms with van der Waals surface area (Å²) in [4.78, 5) is 38.8. The van der Waals surface area contributed by atoms with E-state index in [2.05, 4.69) is 20.3 Å². The lowest BCUT2D eigenvalue weighted by Crippen LogP contribution is -2.27. The molecule has 2 aromatic carbocycles. The molecule has 0 aliphatic rings. The molecule has 1 N–H and O–H groups in total. The van der Waals surface area contributed by atoms with E-state index in [-0.39, 0.29) is 17.4 Å². The smallest absolute Gasteiger partial charge is 0.266 e. The molecule has 1 atom stereocenters. The Hall–Kier alpha value is -3.23. The van der Waals surface area contributed by atoms with Crippen molar-refractivity contribution >= 4 is 46.1 Å². The first-order valence-corrected chi connectivity index (χ1v) is 10.7. The number of carbonyl (C=O) groups excluding carboxylic acids is 1. The normalized spacial score (nSPS) is 12.0. The summed E-state index contributed by atoms with van der Waals surface area (Å²) in [6, 6.07) is 14.2. The van der Waals surface area contributed by atoms with Crippen molar-refractivity contribution in [3.05, 3.63) is 81.9 Å². The second-order valence-corrected chi connectivity index (χ2v) is 8.55. The lowest BCUT2D eigenvalue weighted by molar-refractivity contribution is -0.115. The summed E-state index contributed by atoms with van der Waals surface area (Å²) >= 11 is 7.30. The fourth-order valence-corrected chi connectivity index (χ4v) is 4.12. The third kappa shape index (κ3) is 4.45. The molecule has 2 aromatic heterocycles. The number of para-hydroxylation sites is 1. The Morgan fingerprint density at radius 3 is 2.61 bits per heavy atom. The zero-order valence-electron chi connectivity index (χ0n) is 16.7. The highest BCUT2D eigenvalue weighted by Crippen LogP contribution is 2.27. The predicted octanol–water partition coefficient (Wildman–Crippen LogP) is 4.26. The molecule has 0 fully saturated rings. The average Bonchev–Trinajstić information content (AvgIpc) is 2.75. The van der Waals surface area contributed by atoms with Crippen molar-refractivity contribution < 1.29 is 4.79 Å². The maximum Gasteiger partial charge on any atom is 0.266 e. The molecule has 0 aliphatic heterocycles. The summed E-state index contributed by atoms with van der Waals surface area (Å²) in [5.74, 6) is -0.0810. The Labute approximate surface area is 187 Å². The molecule has 0 saturated carbocycles. The zero-order chi connectivity index (χ0) is 22.0. The Kier molecular flexibility index (Phi) is 6.01. The highest BCUT2D eigenvalue weighted by molar-refractivity contribution is 8.00. The van der Waals surface area contributed by atoms with Gasteiger partial charge in [0.2, 0.25) is 11.9 Å². The first-order chi connectivity index (χ1) is 14.9. The van der Waals surface area contributed by atoms with Crippen LogP contribution in [0.25, 0.3) is 16.6 Å². The van der Waals surface area contributed by atoms with E-state index in [9.17, 15) is 9.59 Å². The molecule has 0 radical (unpaired) electrons. The SMILES string of the molecule is Cc1ccccc1-n1c(SC(C)C(=O)Nc2ncccn2)nc2cc(Cl)ccc2c1=O. The van der Waals surface area contributed by atoms with Crippen molar-refractivity contribution in [2.24, 2.45) is 0 Å². The lowest BCUT2D eigenvalue weighted by atomic mass is 10.2. The van der Waals surface area contributed by atoms with E-state index >= 15 is 0 Å². The molecule has 1 unspecified atom stereocenters.